The fourth-order valence-electron chi connectivity index (χ4n) is 1.42. The molecule has 90 valence electrons. The molecule has 1 aromatic rings. The molecule has 16 heavy (non-hydrogen) atoms. The Kier molecular flexibility index (Phi) is 4.93. The van der Waals surface area contributed by atoms with Crippen molar-refractivity contribution >= 4 is 0 Å². The average molecular weight is 223 g/mol. The maximum absolute atomic E-state index is 9.39. The zero-order valence-electron chi connectivity index (χ0n) is 10.2. The Morgan fingerprint density at radius 2 is 1.81 bits per heavy atom. The molecule has 1 rings (SSSR count). The molecule has 3 N–H and O–H groups in total. The van der Waals surface area contributed by atoms with Gasteiger partial charge in [0.2, 0.25) is 0 Å². The van der Waals surface area contributed by atoms with E-state index in [9.17, 15) is 5.11 Å². The van der Waals surface area contributed by atoms with Gasteiger partial charge in [0.15, 0.2) is 0 Å². The number of hydrogen-bond donors (Lipinski definition) is 2. The molecule has 0 bridgehead atoms. The van der Waals surface area contributed by atoms with E-state index in [1.807, 2.05) is 38.1 Å². The van der Waals surface area contributed by atoms with E-state index in [1.54, 1.807) is 6.92 Å². The Labute approximate surface area is 97.2 Å². The molecule has 3 heteroatoms. The molecule has 3 nitrogen and oxygen atoms in total. The zero-order valence-corrected chi connectivity index (χ0v) is 10.2. The number of aryl methyl sites for hydroxylation is 1. The van der Waals surface area contributed by atoms with Crippen molar-refractivity contribution < 1.29 is 9.84 Å². The van der Waals surface area contributed by atoms with Gasteiger partial charge in [-0.05, 0) is 26.3 Å². The summed E-state index contributed by atoms with van der Waals surface area (Å²) in [6, 6.07) is 8.10. The average Bonchev–Trinajstić information content (AvgIpc) is 2.26. The van der Waals surface area contributed by atoms with Crippen molar-refractivity contribution in [2.45, 2.75) is 39.1 Å². The van der Waals surface area contributed by atoms with E-state index in [1.165, 1.54) is 5.56 Å². The summed E-state index contributed by atoms with van der Waals surface area (Å²) in [7, 11) is 0. The van der Waals surface area contributed by atoms with Gasteiger partial charge in [-0.2, -0.15) is 0 Å². The Bertz CT molecular complexity index is 308. The predicted octanol–water partition coefficient (Wildman–Crippen LogP) is 1.78. The van der Waals surface area contributed by atoms with Crippen molar-refractivity contribution in [1.82, 2.24) is 0 Å². The Morgan fingerprint density at radius 3 is 2.25 bits per heavy atom. The number of aliphatic hydroxyl groups is 1. The van der Waals surface area contributed by atoms with E-state index in [0.29, 0.717) is 6.54 Å². The molecule has 0 amide bonds. The molecule has 0 aliphatic rings. The van der Waals surface area contributed by atoms with Crippen LogP contribution >= 0.6 is 0 Å². The van der Waals surface area contributed by atoms with Crippen molar-refractivity contribution in [1.29, 1.82) is 0 Å². The normalized spacial score (nSPS) is 16.8. The molecule has 3 atom stereocenters. The first-order valence-electron chi connectivity index (χ1n) is 5.64. The number of ether oxygens (including phenoxy) is 1. The van der Waals surface area contributed by atoms with Gasteiger partial charge in [0.1, 0.15) is 0 Å². The number of hydrogen-bond acceptors (Lipinski definition) is 3. The van der Waals surface area contributed by atoms with Gasteiger partial charge < -0.3 is 15.6 Å². The molecular weight excluding hydrogens is 202 g/mol. The van der Waals surface area contributed by atoms with Crippen LogP contribution in [0, 0.1) is 6.92 Å². The molecule has 3 unspecified atom stereocenters. The van der Waals surface area contributed by atoms with E-state index in [0.717, 1.165) is 5.56 Å². The SMILES string of the molecule is Cc1ccc(C(CN)OC(C)C(C)O)cc1. The third-order valence-electron chi connectivity index (χ3n) is 2.72. The van der Waals surface area contributed by atoms with Crippen molar-refractivity contribution in [3.05, 3.63) is 35.4 Å². The second kappa shape index (κ2) is 5.99. The Balaban J connectivity index is 2.70. The van der Waals surface area contributed by atoms with E-state index in [2.05, 4.69) is 0 Å². The molecule has 0 fully saturated rings. The van der Waals surface area contributed by atoms with Crippen LogP contribution in [0.2, 0.25) is 0 Å². The van der Waals surface area contributed by atoms with Crippen LogP contribution in [0.4, 0.5) is 0 Å². The second-order valence-electron chi connectivity index (χ2n) is 4.22. The molecule has 0 heterocycles. The van der Waals surface area contributed by atoms with Gasteiger partial charge in [-0.25, -0.2) is 0 Å². The lowest BCUT2D eigenvalue weighted by Gasteiger charge is -2.23. The smallest absolute Gasteiger partial charge is 0.0952 e. The lowest BCUT2D eigenvalue weighted by molar-refractivity contribution is -0.0591. The van der Waals surface area contributed by atoms with E-state index >= 15 is 0 Å². The summed E-state index contributed by atoms with van der Waals surface area (Å²) in [5, 5.41) is 9.39. The fourth-order valence-corrected chi connectivity index (χ4v) is 1.42. The minimum Gasteiger partial charge on any atom is -0.391 e. The van der Waals surface area contributed by atoms with Crippen LogP contribution in [-0.4, -0.2) is 23.9 Å². The molecule has 1 aromatic carbocycles. The summed E-state index contributed by atoms with van der Waals surface area (Å²) in [4.78, 5) is 0. The number of rotatable bonds is 5. The Morgan fingerprint density at radius 1 is 1.25 bits per heavy atom. The fraction of sp³-hybridized carbons (Fsp3) is 0.538. The molecule has 0 radical (unpaired) electrons. The molecular formula is C13H21NO2. The van der Waals surface area contributed by atoms with Crippen molar-refractivity contribution in [3.63, 3.8) is 0 Å². The van der Waals surface area contributed by atoms with Gasteiger partial charge >= 0.3 is 0 Å². The van der Waals surface area contributed by atoms with Gasteiger partial charge in [0, 0.05) is 6.54 Å². The third-order valence-corrected chi connectivity index (χ3v) is 2.72. The van der Waals surface area contributed by atoms with Crippen LogP contribution in [0.1, 0.15) is 31.1 Å². The minimum absolute atomic E-state index is 0.148. The number of benzene rings is 1. The lowest BCUT2D eigenvalue weighted by atomic mass is 10.1. The first-order valence-corrected chi connectivity index (χ1v) is 5.64. The van der Waals surface area contributed by atoms with Crippen LogP contribution in [0.5, 0.6) is 0 Å². The van der Waals surface area contributed by atoms with Crippen molar-refractivity contribution in [2.24, 2.45) is 5.73 Å². The first-order chi connectivity index (χ1) is 7.54. The molecule has 0 saturated carbocycles. The van der Waals surface area contributed by atoms with Crippen LogP contribution in [0.25, 0.3) is 0 Å². The first kappa shape index (κ1) is 13.2. The summed E-state index contributed by atoms with van der Waals surface area (Å²) in [5.74, 6) is 0. The van der Waals surface area contributed by atoms with Crippen LogP contribution < -0.4 is 5.73 Å². The van der Waals surface area contributed by atoms with Gasteiger partial charge in [-0.15, -0.1) is 0 Å². The highest BCUT2D eigenvalue weighted by atomic mass is 16.5. The molecule has 0 aromatic heterocycles. The summed E-state index contributed by atoms with van der Waals surface area (Å²) >= 11 is 0. The summed E-state index contributed by atoms with van der Waals surface area (Å²) in [6.45, 7) is 6.02. The van der Waals surface area contributed by atoms with Crippen molar-refractivity contribution in [3.8, 4) is 0 Å². The van der Waals surface area contributed by atoms with Crippen LogP contribution in [-0.2, 0) is 4.74 Å². The molecule has 0 aliphatic heterocycles. The summed E-state index contributed by atoms with van der Waals surface area (Å²) < 4.78 is 5.71. The maximum Gasteiger partial charge on any atom is 0.0952 e. The van der Waals surface area contributed by atoms with E-state index in [4.69, 9.17) is 10.5 Å². The summed E-state index contributed by atoms with van der Waals surface area (Å²) in [5.41, 5.74) is 7.95. The standard InChI is InChI=1S/C13H21NO2/c1-9-4-6-12(7-5-9)13(8-14)16-11(3)10(2)15/h4-7,10-11,13,15H,8,14H2,1-3H3. The number of nitrogens with two attached hydrogens (primary N) is 1. The van der Waals surface area contributed by atoms with Gasteiger partial charge in [0.25, 0.3) is 0 Å². The van der Waals surface area contributed by atoms with E-state index in [-0.39, 0.29) is 12.2 Å². The lowest BCUT2D eigenvalue weighted by Crippen LogP contribution is -2.28. The zero-order chi connectivity index (χ0) is 12.1. The molecule has 0 saturated heterocycles. The predicted molar refractivity (Wildman–Crippen MR) is 65.2 cm³/mol. The Hall–Kier alpha value is -0.900. The molecule has 0 aliphatic carbocycles. The largest absolute Gasteiger partial charge is 0.391 e. The van der Waals surface area contributed by atoms with Crippen molar-refractivity contribution in [2.75, 3.05) is 6.54 Å². The van der Waals surface area contributed by atoms with Gasteiger partial charge in [-0.1, -0.05) is 29.8 Å². The van der Waals surface area contributed by atoms with Crippen LogP contribution in [0.15, 0.2) is 24.3 Å². The summed E-state index contributed by atoms with van der Waals surface area (Å²) in [6.07, 6.45) is -0.848. The van der Waals surface area contributed by atoms with E-state index < -0.39 is 6.10 Å². The van der Waals surface area contributed by atoms with Gasteiger partial charge in [-0.3, -0.25) is 0 Å². The highest BCUT2D eigenvalue weighted by Crippen LogP contribution is 2.19. The van der Waals surface area contributed by atoms with Crippen LogP contribution in [0.3, 0.4) is 0 Å². The highest BCUT2D eigenvalue weighted by Gasteiger charge is 2.17. The third kappa shape index (κ3) is 3.59. The highest BCUT2D eigenvalue weighted by molar-refractivity contribution is 5.23. The minimum atomic E-state index is -0.487. The monoisotopic (exact) mass is 223 g/mol. The topological polar surface area (TPSA) is 55.5 Å². The molecule has 0 spiro atoms. The second-order valence-corrected chi connectivity index (χ2v) is 4.22. The number of aliphatic hydroxyl groups excluding tert-OH is 1. The van der Waals surface area contributed by atoms with Gasteiger partial charge in [0.05, 0.1) is 18.3 Å². The quantitative estimate of drug-likeness (QED) is 0.800. The maximum atomic E-state index is 9.39.